The Morgan fingerprint density at radius 1 is 1.19 bits per heavy atom. The maximum absolute atomic E-state index is 13.0. The Morgan fingerprint density at radius 3 is 2.52 bits per heavy atom. The van der Waals surface area contributed by atoms with E-state index < -0.39 is 0 Å². The van der Waals surface area contributed by atoms with Crippen molar-refractivity contribution in [1.29, 1.82) is 0 Å². The lowest BCUT2D eigenvalue weighted by atomic mass is 10.1. The van der Waals surface area contributed by atoms with Crippen molar-refractivity contribution in [3.8, 4) is 11.5 Å². The number of rotatable bonds is 6. The normalized spacial score (nSPS) is 16.2. The summed E-state index contributed by atoms with van der Waals surface area (Å²) in [6.07, 6.45) is 0.727. The van der Waals surface area contributed by atoms with Crippen molar-refractivity contribution < 1.29 is 18.7 Å². The molecule has 0 saturated carbocycles. The summed E-state index contributed by atoms with van der Waals surface area (Å²) < 4.78 is 16.4. The Hall–Kier alpha value is -2.61. The van der Waals surface area contributed by atoms with Gasteiger partial charge in [0.05, 0.1) is 25.8 Å². The lowest BCUT2D eigenvalue weighted by Gasteiger charge is -2.37. The molecule has 1 saturated heterocycles. The van der Waals surface area contributed by atoms with E-state index in [4.69, 9.17) is 13.9 Å². The van der Waals surface area contributed by atoms with Crippen molar-refractivity contribution in [1.82, 2.24) is 20.0 Å². The van der Waals surface area contributed by atoms with E-state index >= 15 is 0 Å². The highest BCUT2D eigenvalue weighted by atomic mass is 16.5. The monoisotopic (exact) mass is 374 g/mol. The second-order valence-corrected chi connectivity index (χ2v) is 6.43. The summed E-state index contributed by atoms with van der Waals surface area (Å²) in [6.45, 7) is 6.76. The van der Waals surface area contributed by atoms with Crippen LogP contribution in [0.15, 0.2) is 22.6 Å². The summed E-state index contributed by atoms with van der Waals surface area (Å²) in [5.74, 6) is 2.25. The van der Waals surface area contributed by atoms with E-state index in [1.807, 2.05) is 11.8 Å². The van der Waals surface area contributed by atoms with Crippen molar-refractivity contribution in [2.45, 2.75) is 26.3 Å². The Bertz CT molecular complexity index is 784. The average molecular weight is 374 g/mol. The number of aryl methyl sites for hydroxylation is 1. The summed E-state index contributed by atoms with van der Waals surface area (Å²) in [5, 5.41) is 8.17. The third kappa shape index (κ3) is 3.90. The molecule has 0 aliphatic carbocycles. The van der Waals surface area contributed by atoms with Gasteiger partial charge in [0.25, 0.3) is 5.91 Å². The zero-order valence-electron chi connectivity index (χ0n) is 16.3. The van der Waals surface area contributed by atoms with E-state index in [0.717, 1.165) is 19.5 Å². The molecule has 0 N–H and O–H groups in total. The van der Waals surface area contributed by atoms with Gasteiger partial charge in [-0.05, 0) is 19.1 Å². The maximum atomic E-state index is 13.0. The van der Waals surface area contributed by atoms with Crippen molar-refractivity contribution in [2.24, 2.45) is 0 Å². The van der Waals surface area contributed by atoms with Crippen LogP contribution in [0.25, 0.3) is 0 Å². The van der Waals surface area contributed by atoms with Gasteiger partial charge in [0.2, 0.25) is 11.8 Å². The molecular formula is C19H26N4O4. The highest BCUT2D eigenvalue weighted by Gasteiger charge is 2.29. The molecule has 1 aliphatic heterocycles. The van der Waals surface area contributed by atoms with Crippen LogP contribution in [0.2, 0.25) is 0 Å². The molecule has 0 unspecified atom stereocenters. The number of ether oxygens (including phenoxy) is 2. The van der Waals surface area contributed by atoms with Gasteiger partial charge in [0.1, 0.15) is 0 Å². The van der Waals surface area contributed by atoms with Gasteiger partial charge in [0, 0.05) is 32.6 Å². The summed E-state index contributed by atoms with van der Waals surface area (Å²) in [4.78, 5) is 17.1. The third-order valence-electron chi connectivity index (χ3n) is 4.92. The van der Waals surface area contributed by atoms with Gasteiger partial charge in [-0.25, -0.2) is 0 Å². The predicted molar refractivity (Wildman–Crippen MR) is 99.1 cm³/mol. The number of hydrogen-bond acceptors (Lipinski definition) is 7. The topological polar surface area (TPSA) is 80.9 Å². The fourth-order valence-electron chi connectivity index (χ4n) is 3.27. The van der Waals surface area contributed by atoms with Crippen molar-refractivity contribution >= 4 is 5.91 Å². The molecule has 1 aliphatic rings. The van der Waals surface area contributed by atoms with Gasteiger partial charge in [-0.15, -0.1) is 10.2 Å². The second-order valence-electron chi connectivity index (χ2n) is 6.43. The zero-order valence-corrected chi connectivity index (χ0v) is 16.3. The zero-order chi connectivity index (χ0) is 19.4. The molecule has 0 radical (unpaired) electrons. The van der Waals surface area contributed by atoms with E-state index in [2.05, 4.69) is 22.0 Å². The maximum Gasteiger partial charge on any atom is 0.257 e. The third-order valence-corrected chi connectivity index (χ3v) is 4.92. The molecule has 1 aromatic carbocycles. The highest BCUT2D eigenvalue weighted by Crippen LogP contribution is 2.32. The molecule has 2 aromatic rings. The van der Waals surface area contributed by atoms with Crippen LogP contribution in [0, 0.1) is 0 Å². The number of carbonyl (C=O) groups is 1. The number of amides is 1. The predicted octanol–water partition coefficient (Wildman–Crippen LogP) is 2.17. The molecule has 146 valence electrons. The fraction of sp³-hybridized carbons (Fsp3) is 0.526. The van der Waals surface area contributed by atoms with E-state index in [1.165, 1.54) is 0 Å². The van der Waals surface area contributed by atoms with Crippen molar-refractivity contribution in [3.05, 3.63) is 35.5 Å². The quantitative estimate of drug-likeness (QED) is 0.766. The highest BCUT2D eigenvalue weighted by molar-refractivity contribution is 5.97. The molecule has 1 aromatic heterocycles. The molecule has 8 heteroatoms. The van der Waals surface area contributed by atoms with Crippen molar-refractivity contribution in [2.75, 3.05) is 40.4 Å². The molecule has 0 bridgehead atoms. The minimum absolute atomic E-state index is 0.0291. The van der Waals surface area contributed by atoms with Crippen molar-refractivity contribution in [3.63, 3.8) is 0 Å². The van der Waals surface area contributed by atoms with Crippen LogP contribution >= 0.6 is 0 Å². The Balaban J connectivity index is 1.66. The van der Waals surface area contributed by atoms with Gasteiger partial charge in [0.15, 0.2) is 11.5 Å². The number of nitrogens with zero attached hydrogens (tertiary/aromatic N) is 4. The van der Waals surface area contributed by atoms with E-state index in [9.17, 15) is 4.79 Å². The van der Waals surface area contributed by atoms with Crippen LogP contribution in [-0.2, 0) is 6.42 Å². The number of aromatic nitrogens is 2. The minimum Gasteiger partial charge on any atom is -0.493 e. The number of hydrogen-bond donors (Lipinski definition) is 0. The fourth-order valence-corrected chi connectivity index (χ4v) is 3.27. The number of carbonyl (C=O) groups excluding carboxylic acids is 1. The SMILES string of the molecule is CCc1nnc([C@H](C)N2CCN(C(=O)c3cccc(OC)c3OC)CC2)o1. The summed E-state index contributed by atoms with van der Waals surface area (Å²) in [5.41, 5.74) is 0.517. The van der Waals surface area contributed by atoms with E-state index in [1.54, 1.807) is 32.4 Å². The molecule has 1 atom stereocenters. The lowest BCUT2D eigenvalue weighted by molar-refractivity contribution is 0.0554. The average Bonchev–Trinajstić information content (AvgIpc) is 3.21. The van der Waals surface area contributed by atoms with Crippen LogP contribution in [0.1, 0.15) is 42.0 Å². The summed E-state index contributed by atoms with van der Waals surface area (Å²) in [7, 11) is 3.11. The number of benzene rings is 1. The number of piperazine rings is 1. The van der Waals surface area contributed by atoms with E-state index in [0.29, 0.717) is 41.9 Å². The Morgan fingerprint density at radius 2 is 1.93 bits per heavy atom. The van der Waals surface area contributed by atoms with Gasteiger partial charge >= 0.3 is 0 Å². The van der Waals surface area contributed by atoms with Crippen LogP contribution in [0.3, 0.4) is 0 Å². The standard InChI is InChI=1S/C19H26N4O4/c1-5-16-20-21-18(27-16)13(2)22-9-11-23(12-10-22)19(24)14-7-6-8-15(25-3)17(14)26-4/h6-8,13H,5,9-12H2,1-4H3/t13-/m0/s1. The molecule has 2 heterocycles. The van der Waals surface area contributed by atoms with Crippen LogP contribution in [-0.4, -0.2) is 66.3 Å². The molecular weight excluding hydrogens is 348 g/mol. The largest absolute Gasteiger partial charge is 0.493 e. The van der Waals surface area contributed by atoms with Gasteiger partial charge < -0.3 is 18.8 Å². The Labute approximate surface area is 159 Å². The van der Waals surface area contributed by atoms with E-state index in [-0.39, 0.29) is 11.9 Å². The van der Waals surface area contributed by atoms with Crippen LogP contribution in [0.4, 0.5) is 0 Å². The van der Waals surface area contributed by atoms with Crippen LogP contribution in [0.5, 0.6) is 11.5 Å². The smallest absolute Gasteiger partial charge is 0.257 e. The first-order valence-corrected chi connectivity index (χ1v) is 9.15. The van der Waals surface area contributed by atoms with Gasteiger partial charge in [-0.3, -0.25) is 9.69 Å². The molecule has 27 heavy (non-hydrogen) atoms. The first-order valence-electron chi connectivity index (χ1n) is 9.15. The van der Waals surface area contributed by atoms with Gasteiger partial charge in [-0.2, -0.15) is 0 Å². The first-order chi connectivity index (χ1) is 13.1. The second kappa shape index (κ2) is 8.39. The molecule has 3 rings (SSSR count). The minimum atomic E-state index is -0.0517. The molecule has 8 nitrogen and oxygen atoms in total. The number of para-hydroxylation sites is 1. The lowest BCUT2D eigenvalue weighted by Crippen LogP contribution is -2.49. The summed E-state index contributed by atoms with van der Waals surface area (Å²) in [6, 6.07) is 5.38. The van der Waals surface area contributed by atoms with Crippen LogP contribution < -0.4 is 9.47 Å². The molecule has 1 fully saturated rings. The number of methoxy groups -OCH3 is 2. The van der Waals surface area contributed by atoms with Gasteiger partial charge in [-0.1, -0.05) is 13.0 Å². The summed E-state index contributed by atoms with van der Waals surface area (Å²) >= 11 is 0. The Kier molecular flexibility index (Phi) is 5.95. The molecule has 1 amide bonds. The molecule has 0 spiro atoms. The first kappa shape index (κ1) is 19.2.